The van der Waals surface area contributed by atoms with Crippen LogP contribution < -0.4 is 5.32 Å². The molecule has 0 atom stereocenters. The van der Waals surface area contributed by atoms with Crippen molar-refractivity contribution >= 4 is 11.4 Å². The summed E-state index contributed by atoms with van der Waals surface area (Å²) in [6, 6.07) is 3.43. The molecule has 0 saturated heterocycles. The predicted molar refractivity (Wildman–Crippen MR) is 61.1 cm³/mol. The van der Waals surface area contributed by atoms with Crippen molar-refractivity contribution in [2.45, 2.75) is 26.2 Å². The summed E-state index contributed by atoms with van der Waals surface area (Å²) in [5, 5.41) is 13.6. The second kappa shape index (κ2) is 6.05. The van der Waals surface area contributed by atoms with Crippen LogP contribution >= 0.6 is 0 Å². The number of halogens is 1. The summed E-state index contributed by atoms with van der Waals surface area (Å²) in [7, 11) is 0. The fourth-order valence-electron chi connectivity index (χ4n) is 1.41. The highest BCUT2D eigenvalue weighted by molar-refractivity contribution is 5.61. The number of hydrogen-bond acceptors (Lipinski definition) is 3. The van der Waals surface area contributed by atoms with Crippen LogP contribution in [0.5, 0.6) is 0 Å². The van der Waals surface area contributed by atoms with Crippen molar-refractivity contribution in [2.75, 3.05) is 11.9 Å². The van der Waals surface area contributed by atoms with Gasteiger partial charge >= 0.3 is 0 Å². The molecule has 0 bridgehead atoms. The van der Waals surface area contributed by atoms with Crippen molar-refractivity contribution in [1.29, 1.82) is 0 Å². The molecule has 0 aromatic heterocycles. The number of nitrogens with one attached hydrogen (secondary N) is 1. The average molecular weight is 226 g/mol. The van der Waals surface area contributed by atoms with Crippen LogP contribution in [0.25, 0.3) is 0 Å². The minimum atomic E-state index is -0.512. The zero-order chi connectivity index (χ0) is 12.0. The number of rotatable bonds is 6. The van der Waals surface area contributed by atoms with Gasteiger partial charge in [0.1, 0.15) is 11.5 Å². The van der Waals surface area contributed by atoms with Crippen molar-refractivity contribution in [3.63, 3.8) is 0 Å². The zero-order valence-corrected chi connectivity index (χ0v) is 9.20. The van der Waals surface area contributed by atoms with Crippen molar-refractivity contribution in [1.82, 2.24) is 0 Å². The van der Waals surface area contributed by atoms with E-state index in [1.54, 1.807) is 0 Å². The van der Waals surface area contributed by atoms with Crippen LogP contribution in [0.4, 0.5) is 15.8 Å². The Bertz CT molecular complexity index is 369. The maximum Gasteiger partial charge on any atom is 0.292 e. The molecule has 5 heteroatoms. The smallest absolute Gasteiger partial charge is 0.292 e. The normalized spacial score (nSPS) is 10.1. The minimum absolute atomic E-state index is 0.0853. The Balaban J connectivity index is 2.68. The van der Waals surface area contributed by atoms with Crippen LogP contribution in [0, 0.1) is 15.9 Å². The second-order valence-electron chi connectivity index (χ2n) is 3.55. The molecule has 0 amide bonds. The number of unbranched alkanes of at least 4 members (excludes halogenated alkanes) is 2. The van der Waals surface area contributed by atoms with Crippen LogP contribution in [0.3, 0.4) is 0 Å². The fourth-order valence-corrected chi connectivity index (χ4v) is 1.41. The summed E-state index contributed by atoms with van der Waals surface area (Å²) in [5.74, 6) is -0.469. The summed E-state index contributed by atoms with van der Waals surface area (Å²) in [6.07, 6.45) is 3.05. The molecule has 88 valence electrons. The Morgan fingerprint density at radius 2 is 2.19 bits per heavy atom. The molecular weight excluding hydrogens is 211 g/mol. The summed E-state index contributed by atoms with van der Waals surface area (Å²) in [5.41, 5.74) is 0.166. The monoisotopic (exact) mass is 226 g/mol. The van der Waals surface area contributed by atoms with E-state index in [0.29, 0.717) is 6.54 Å². The molecule has 0 heterocycles. The lowest BCUT2D eigenvalue weighted by molar-refractivity contribution is -0.384. The molecule has 0 aliphatic carbocycles. The maximum absolute atomic E-state index is 12.9. The molecule has 1 rings (SSSR count). The molecule has 16 heavy (non-hydrogen) atoms. The number of anilines is 1. The number of nitro benzene ring substituents is 1. The minimum Gasteiger partial charge on any atom is -0.379 e. The van der Waals surface area contributed by atoms with E-state index < -0.39 is 10.7 Å². The molecule has 0 unspecified atom stereocenters. The van der Waals surface area contributed by atoms with Crippen molar-refractivity contribution in [3.05, 3.63) is 34.1 Å². The zero-order valence-electron chi connectivity index (χ0n) is 9.20. The molecule has 1 aromatic carbocycles. The fraction of sp³-hybridized carbons (Fsp3) is 0.455. The third-order valence-electron chi connectivity index (χ3n) is 2.25. The molecule has 4 nitrogen and oxygen atoms in total. The molecule has 0 aliphatic rings. The lowest BCUT2D eigenvalue weighted by Crippen LogP contribution is -2.04. The van der Waals surface area contributed by atoms with E-state index >= 15 is 0 Å². The van der Waals surface area contributed by atoms with Crippen molar-refractivity contribution in [3.8, 4) is 0 Å². The standard InChI is InChI=1S/C11H15FN2O2/c1-2-3-4-7-13-10-8-9(12)5-6-11(10)14(15)16/h5-6,8,13H,2-4,7H2,1H3. The summed E-state index contributed by atoms with van der Waals surface area (Å²) in [6.45, 7) is 2.70. The van der Waals surface area contributed by atoms with Gasteiger partial charge in [-0.3, -0.25) is 10.1 Å². The van der Waals surface area contributed by atoms with E-state index in [2.05, 4.69) is 12.2 Å². The first-order chi connectivity index (χ1) is 7.65. The van der Waals surface area contributed by atoms with Crippen LogP contribution in [0.2, 0.25) is 0 Å². The van der Waals surface area contributed by atoms with Crippen molar-refractivity contribution in [2.24, 2.45) is 0 Å². The van der Waals surface area contributed by atoms with Crippen LogP contribution in [0.15, 0.2) is 18.2 Å². The van der Waals surface area contributed by atoms with Crippen LogP contribution in [-0.2, 0) is 0 Å². The number of benzene rings is 1. The molecule has 1 aromatic rings. The third-order valence-corrected chi connectivity index (χ3v) is 2.25. The van der Waals surface area contributed by atoms with E-state index in [4.69, 9.17) is 0 Å². The Labute approximate surface area is 93.6 Å². The van der Waals surface area contributed by atoms with Gasteiger partial charge in [0, 0.05) is 18.7 Å². The Kier molecular flexibility index (Phi) is 4.69. The molecule has 0 aliphatic heterocycles. The number of nitro groups is 1. The topological polar surface area (TPSA) is 55.2 Å². The van der Waals surface area contributed by atoms with E-state index in [1.807, 2.05) is 0 Å². The van der Waals surface area contributed by atoms with Gasteiger partial charge in [0.2, 0.25) is 0 Å². The lowest BCUT2D eigenvalue weighted by Gasteiger charge is -2.06. The van der Waals surface area contributed by atoms with E-state index in [1.165, 1.54) is 6.07 Å². The third kappa shape index (κ3) is 3.49. The summed E-state index contributed by atoms with van der Waals surface area (Å²) in [4.78, 5) is 10.2. The first-order valence-electron chi connectivity index (χ1n) is 5.33. The van der Waals surface area contributed by atoms with Gasteiger partial charge in [0.05, 0.1) is 4.92 Å². The Morgan fingerprint density at radius 3 is 2.81 bits per heavy atom. The first-order valence-corrected chi connectivity index (χ1v) is 5.33. The summed E-state index contributed by atoms with van der Waals surface area (Å²) >= 11 is 0. The quantitative estimate of drug-likeness (QED) is 0.460. The van der Waals surface area contributed by atoms with E-state index in [-0.39, 0.29) is 11.4 Å². The second-order valence-corrected chi connectivity index (χ2v) is 3.55. The van der Waals surface area contributed by atoms with Gasteiger partial charge in [-0.1, -0.05) is 19.8 Å². The SMILES string of the molecule is CCCCCNc1cc(F)ccc1[N+](=O)[O-]. The van der Waals surface area contributed by atoms with Crippen molar-refractivity contribution < 1.29 is 9.31 Å². The molecule has 0 saturated carbocycles. The van der Waals surface area contributed by atoms with Crippen LogP contribution in [0.1, 0.15) is 26.2 Å². The highest BCUT2D eigenvalue weighted by atomic mass is 19.1. The van der Waals surface area contributed by atoms with Gasteiger partial charge < -0.3 is 5.32 Å². The van der Waals surface area contributed by atoms with Gasteiger partial charge in [-0.25, -0.2) is 4.39 Å². The lowest BCUT2D eigenvalue weighted by atomic mass is 10.2. The molecule has 0 radical (unpaired) electrons. The summed E-state index contributed by atoms with van der Waals surface area (Å²) < 4.78 is 12.9. The predicted octanol–water partition coefficient (Wildman–Crippen LogP) is 3.34. The molecule has 0 spiro atoms. The van der Waals surface area contributed by atoms with Gasteiger partial charge in [-0.15, -0.1) is 0 Å². The highest BCUT2D eigenvalue weighted by Gasteiger charge is 2.13. The van der Waals surface area contributed by atoms with Crippen LogP contribution in [-0.4, -0.2) is 11.5 Å². The Hall–Kier alpha value is -1.65. The molecule has 1 N–H and O–H groups in total. The van der Waals surface area contributed by atoms with Gasteiger partial charge in [0.15, 0.2) is 0 Å². The number of nitrogens with zero attached hydrogens (tertiary/aromatic N) is 1. The maximum atomic E-state index is 12.9. The number of hydrogen-bond donors (Lipinski definition) is 1. The van der Waals surface area contributed by atoms with Gasteiger partial charge in [0.25, 0.3) is 5.69 Å². The van der Waals surface area contributed by atoms with Gasteiger partial charge in [-0.05, 0) is 12.5 Å². The largest absolute Gasteiger partial charge is 0.379 e. The molecular formula is C11H15FN2O2. The first kappa shape index (κ1) is 12.4. The van der Waals surface area contributed by atoms with E-state index in [9.17, 15) is 14.5 Å². The van der Waals surface area contributed by atoms with E-state index in [0.717, 1.165) is 31.4 Å². The average Bonchev–Trinajstić information content (AvgIpc) is 2.24. The Morgan fingerprint density at radius 1 is 1.44 bits per heavy atom. The highest BCUT2D eigenvalue weighted by Crippen LogP contribution is 2.24. The van der Waals surface area contributed by atoms with Gasteiger partial charge in [-0.2, -0.15) is 0 Å². The molecule has 0 fully saturated rings.